The Balaban J connectivity index is 1.61. The van der Waals surface area contributed by atoms with E-state index in [9.17, 15) is 9.59 Å². The summed E-state index contributed by atoms with van der Waals surface area (Å²) in [7, 11) is 0. The Labute approximate surface area is 105 Å². The molecule has 92 valence electrons. The first-order valence-electron chi connectivity index (χ1n) is 7.87. The van der Waals surface area contributed by atoms with E-state index in [0.717, 1.165) is 35.5 Å². The highest BCUT2D eigenvalue weighted by molar-refractivity contribution is 6.39. The maximum atomic E-state index is 12.6. The molecule has 0 amide bonds. The molecule has 2 heteroatoms. The topological polar surface area (TPSA) is 34.1 Å². The van der Waals surface area contributed by atoms with E-state index >= 15 is 0 Å². The van der Waals surface area contributed by atoms with Gasteiger partial charge in [-0.25, -0.2) is 0 Å². The summed E-state index contributed by atoms with van der Waals surface area (Å²) in [6, 6.07) is 0. The normalized spacial score (nSPS) is 78.9. The van der Waals surface area contributed by atoms with Crippen LogP contribution in [0.15, 0.2) is 0 Å². The zero-order valence-corrected chi connectivity index (χ0v) is 10.2. The monoisotopic (exact) mass is 240 g/mol. The molecule has 12 atom stereocenters. The molecule has 0 N–H and O–H groups in total. The average Bonchev–Trinajstić information content (AvgIpc) is 3.19. The Morgan fingerprint density at radius 3 is 1.22 bits per heavy atom. The van der Waals surface area contributed by atoms with Crippen LogP contribution in [0.5, 0.6) is 0 Å². The van der Waals surface area contributed by atoms with Gasteiger partial charge in [0.25, 0.3) is 0 Å². The lowest BCUT2D eigenvalue weighted by atomic mass is 9.77. The summed E-state index contributed by atoms with van der Waals surface area (Å²) in [5.74, 6) is 8.41. The van der Waals surface area contributed by atoms with Gasteiger partial charge in [0.15, 0.2) is 0 Å². The molecule has 0 aromatic heterocycles. The minimum Gasteiger partial charge on any atom is -0.291 e. The zero-order valence-electron chi connectivity index (χ0n) is 10.2. The van der Waals surface area contributed by atoms with Gasteiger partial charge in [-0.05, 0) is 72.0 Å². The number of hydrogen-bond acceptors (Lipinski definition) is 2. The van der Waals surface area contributed by atoms with Crippen molar-refractivity contribution in [2.24, 2.45) is 71.0 Å². The van der Waals surface area contributed by atoms with Crippen molar-refractivity contribution < 1.29 is 9.59 Å². The fraction of sp³-hybridized carbons (Fsp3) is 0.875. The smallest absolute Gasteiger partial charge is 0.202 e. The highest BCUT2D eigenvalue weighted by atomic mass is 16.2. The van der Waals surface area contributed by atoms with E-state index in [2.05, 4.69) is 0 Å². The Morgan fingerprint density at radius 2 is 0.889 bits per heavy atom. The summed E-state index contributed by atoms with van der Waals surface area (Å²) in [5.41, 5.74) is 0. The molecule has 0 heterocycles. The number of fused-ring (bicyclic) bond motifs is 3. The lowest BCUT2D eigenvalue weighted by Crippen LogP contribution is -2.37. The maximum Gasteiger partial charge on any atom is 0.202 e. The molecule has 18 heavy (non-hydrogen) atoms. The number of Topliss-reactive ketones (excluding diaryl/α,β-unsaturated/α-hetero) is 2. The van der Waals surface area contributed by atoms with Gasteiger partial charge in [-0.15, -0.1) is 0 Å². The quantitative estimate of drug-likeness (QED) is 0.600. The fourth-order valence-corrected chi connectivity index (χ4v) is 8.49. The van der Waals surface area contributed by atoms with Gasteiger partial charge < -0.3 is 0 Å². The van der Waals surface area contributed by atoms with Crippen molar-refractivity contribution >= 4 is 11.6 Å². The molecule has 8 aliphatic carbocycles. The van der Waals surface area contributed by atoms with Crippen molar-refractivity contribution in [2.45, 2.75) is 12.8 Å². The van der Waals surface area contributed by atoms with E-state index in [1.54, 1.807) is 0 Å². The maximum absolute atomic E-state index is 12.6. The average molecular weight is 240 g/mol. The Morgan fingerprint density at radius 1 is 0.556 bits per heavy atom. The molecule has 4 unspecified atom stereocenters. The Bertz CT molecular complexity index is 483. The highest BCUT2D eigenvalue weighted by Gasteiger charge is 2.85. The predicted octanol–water partition coefficient (Wildman–Crippen LogP) is 1.39. The number of hydrogen-bond donors (Lipinski definition) is 0. The van der Waals surface area contributed by atoms with Crippen LogP contribution in [0.2, 0.25) is 0 Å². The lowest BCUT2D eigenvalue weighted by molar-refractivity contribution is -0.143. The van der Waals surface area contributed by atoms with Gasteiger partial charge in [0.2, 0.25) is 11.6 Å². The number of ketones is 2. The van der Waals surface area contributed by atoms with E-state index in [4.69, 9.17) is 0 Å². The van der Waals surface area contributed by atoms with Crippen LogP contribution in [0.1, 0.15) is 12.8 Å². The van der Waals surface area contributed by atoms with E-state index in [1.165, 1.54) is 12.8 Å². The Kier molecular flexibility index (Phi) is 0.967. The molecular formula is C16H16O2. The zero-order chi connectivity index (χ0) is 11.5. The molecule has 0 saturated heterocycles. The van der Waals surface area contributed by atoms with Crippen LogP contribution < -0.4 is 0 Å². The molecule has 0 aromatic carbocycles. The molecule has 2 nitrogen and oxygen atoms in total. The molecule has 0 aliphatic heterocycles. The lowest BCUT2D eigenvalue weighted by Gasteiger charge is -2.24. The number of rotatable bonds is 0. The molecular weight excluding hydrogens is 224 g/mol. The minimum atomic E-state index is 0.100. The first-order valence-corrected chi connectivity index (χ1v) is 7.87. The van der Waals surface area contributed by atoms with Crippen molar-refractivity contribution in [3.8, 4) is 0 Å². The van der Waals surface area contributed by atoms with Crippen LogP contribution in [0.25, 0.3) is 0 Å². The van der Waals surface area contributed by atoms with Crippen molar-refractivity contribution in [3.05, 3.63) is 0 Å². The summed E-state index contributed by atoms with van der Waals surface area (Å²) in [5, 5.41) is 0. The van der Waals surface area contributed by atoms with Gasteiger partial charge in [0.1, 0.15) is 0 Å². The molecule has 8 rings (SSSR count). The highest BCUT2D eigenvalue weighted by Crippen LogP contribution is 2.86. The number of carbonyl (C=O) groups is 2. The van der Waals surface area contributed by atoms with Gasteiger partial charge in [-0.1, -0.05) is 0 Å². The summed E-state index contributed by atoms with van der Waals surface area (Å²) >= 11 is 0. The Hall–Kier alpha value is -0.660. The van der Waals surface area contributed by atoms with Crippen molar-refractivity contribution in [1.82, 2.24) is 0 Å². The first-order chi connectivity index (χ1) is 8.79. The van der Waals surface area contributed by atoms with Crippen LogP contribution in [-0.2, 0) is 9.59 Å². The molecule has 0 aromatic rings. The summed E-state index contributed by atoms with van der Waals surface area (Å²) in [6.45, 7) is 0. The fourth-order valence-electron chi connectivity index (χ4n) is 8.49. The van der Waals surface area contributed by atoms with Crippen LogP contribution in [0.3, 0.4) is 0 Å². The molecule has 8 aliphatic rings. The van der Waals surface area contributed by atoms with E-state index in [1.807, 2.05) is 0 Å². The number of carbonyl (C=O) groups excluding carboxylic acids is 2. The third-order valence-electron chi connectivity index (χ3n) is 8.49. The van der Waals surface area contributed by atoms with Crippen molar-refractivity contribution in [2.75, 3.05) is 0 Å². The first kappa shape index (κ1) is 8.50. The second kappa shape index (κ2) is 2.05. The molecule has 8 saturated carbocycles. The predicted molar refractivity (Wildman–Crippen MR) is 61.1 cm³/mol. The standard InChI is InChI=1S/C16H16O2/c17-15-13-7-3-1-4(3)8-11(7)12-9(13)5-2-6(5)10(12)14(8)16(15)18/h3-14H,1-2H2/t3-,4-,5-,6+,7+,8+,9+,10-,11?,12?,13?,14?/m1/s1. The molecule has 0 spiro atoms. The van der Waals surface area contributed by atoms with Crippen LogP contribution in [0.4, 0.5) is 0 Å². The van der Waals surface area contributed by atoms with Crippen molar-refractivity contribution in [3.63, 3.8) is 0 Å². The van der Waals surface area contributed by atoms with Crippen LogP contribution in [0, 0.1) is 71.0 Å². The largest absolute Gasteiger partial charge is 0.291 e. The van der Waals surface area contributed by atoms with Crippen LogP contribution in [-0.4, -0.2) is 11.6 Å². The van der Waals surface area contributed by atoms with Gasteiger partial charge >= 0.3 is 0 Å². The SMILES string of the molecule is O=C1C(=O)C2[C@@H]3C4C5[C@@H](C1[C@@H]4[C@H]1C[C@@H]31)[C@@H]1C[C@H]1[C@H]25. The van der Waals surface area contributed by atoms with Gasteiger partial charge in [0.05, 0.1) is 0 Å². The minimum absolute atomic E-state index is 0.100. The van der Waals surface area contributed by atoms with E-state index in [0.29, 0.717) is 23.7 Å². The molecule has 8 fully saturated rings. The van der Waals surface area contributed by atoms with Crippen LogP contribution >= 0.6 is 0 Å². The second-order valence-electron chi connectivity index (χ2n) is 8.37. The third-order valence-corrected chi connectivity index (χ3v) is 8.49. The molecule has 8 bridgehead atoms. The molecule has 0 radical (unpaired) electrons. The van der Waals surface area contributed by atoms with Gasteiger partial charge in [0, 0.05) is 11.8 Å². The van der Waals surface area contributed by atoms with Gasteiger partial charge in [-0.2, -0.15) is 0 Å². The van der Waals surface area contributed by atoms with Crippen molar-refractivity contribution in [1.29, 1.82) is 0 Å². The summed E-state index contributed by atoms with van der Waals surface area (Å²) in [6.07, 6.45) is 2.72. The second-order valence-corrected chi connectivity index (χ2v) is 8.37. The summed E-state index contributed by atoms with van der Waals surface area (Å²) in [4.78, 5) is 25.2. The third kappa shape index (κ3) is 0.556. The van der Waals surface area contributed by atoms with E-state index < -0.39 is 0 Å². The van der Waals surface area contributed by atoms with E-state index in [-0.39, 0.29) is 23.4 Å². The van der Waals surface area contributed by atoms with Gasteiger partial charge in [-0.3, -0.25) is 9.59 Å². The summed E-state index contributed by atoms with van der Waals surface area (Å²) < 4.78 is 0.